The molecule has 1 aromatic rings. The molecule has 0 saturated carbocycles. The fourth-order valence-corrected chi connectivity index (χ4v) is 1.95. The van der Waals surface area contributed by atoms with E-state index in [9.17, 15) is 9.50 Å². The van der Waals surface area contributed by atoms with Crippen LogP contribution in [0, 0.1) is 12.7 Å². The number of aliphatic hydroxyl groups is 1. The van der Waals surface area contributed by atoms with Crippen LogP contribution in [0.3, 0.4) is 0 Å². The summed E-state index contributed by atoms with van der Waals surface area (Å²) in [4.78, 5) is 0. The number of rotatable bonds is 3. The lowest BCUT2D eigenvalue weighted by molar-refractivity contribution is 0.218. The molecule has 0 heterocycles. The van der Waals surface area contributed by atoms with Gasteiger partial charge in [0.15, 0.2) is 0 Å². The molecule has 1 nitrogen and oxygen atoms in total. The van der Waals surface area contributed by atoms with Gasteiger partial charge in [0.1, 0.15) is 5.82 Å². The molecule has 0 radical (unpaired) electrons. The van der Waals surface area contributed by atoms with Crippen LogP contribution in [0.1, 0.15) is 50.3 Å². The normalized spacial score (nSPS) is 12.2. The van der Waals surface area contributed by atoms with Crippen LogP contribution in [0.25, 0.3) is 0 Å². The molecule has 0 spiro atoms. The van der Waals surface area contributed by atoms with Crippen molar-refractivity contribution in [3.05, 3.63) is 34.6 Å². The van der Waals surface area contributed by atoms with Crippen molar-refractivity contribution < 1.29 is 9.50 Å². The quantitative estimate of drug-likeness (QED) is 0.832. The molecular weight excluding hydrogens is 203 g/mol. The second kappa shape index (κ2) is 4.54. The molecule has 0 aliphatic heterocycles. The lowest BCUT2D eigenvalue weighted by Crippen LogP contribution is -2.24. The molecule has 2 heteroatoms. The zero-order valence-electron chi connectivity index (χ0n) is 10.8. The minimum Gasteiger partial charge on any atom is -0.395 e. The first-order valence-corrected chi connectivity index (χ1v) is 5.71. The van der Waals surface area contributed by atoms with Gasteiger partial charge in [-0.3, -0.25) is 0 Å². The molecule has 1 aromatic carbocycles. The SMILES string of the molecule is Cc1cc(F)c(C(C)C)cc1C(C)(C)CO. The Morgan fingerprint density at radius 1 is 1.31 bits per heavy atom. The van der Waals surface area contributed by atoms with Crippen LogP contribution < -0.4 is 0 Å². The van der Waals surface area contributed by atoms with Crippen molar-refractivity contribution in [3.8, 4) is 0 Å². The third-order valence-corrected chi connectivity index (χ3v) is 3.09. The molecule has 0 fully saturated rings. The molecule has 1 rings (SSSR count). The van der Waals surface area contributed by atoms with Gasteiger partial charge in [0.05, 0.1) is 6.61 Å². The third kappa shape index (κ3) is 2.43. The summed E-state index contributed by atoms with van der Waals surface area (Å²) in [6.07, 6.45) is 0. The second-order valence-corrected chi connectivity index (χ2v) is 5.39. The highest BCUT2D eigenvalue weighted by atomic mass is 19.1. The predicted octanol–water partition coefficient (Wildman–Crippen LogP) is 3.53. The van der Waals surface area contributed by atoms with Crippen molar-refractivity contribution in [1.29, 1.82) is 0 Å². The van der Waals surface area contributed by atoms with E-state index in [1.54, 1.807) is 6.07 Å². The molecule has 0 atom stereocenters. The van der Waals surface area contributed by atoms with Crippen molar-refractivity contribution >= 4 is 0 Å². The summed E-state index contributed by atoms with van der Waals surface area (Å²) in [5, 5.41) is 9.38. The van der Waals surface area contributed by atoms with E-state index >= 15 is 0 Å². The van der Waals surface area contributed by atoms with E-state index in [4.69, 9.17) is 0 Å². The maximum Gasteiger partial charge on any atom is 0.126 e. The van der Waals surface area contributed by atoms with Gasteiger partial charge in [0.25, 0.3) is 0 Å². The molecule has 0 unspecified atom stereocenters. The highest BCUT2D eigenvalue weighted by Crippen LogP contribution is 2.30. The smallest absolute Gasteiger partial charge is 0.126 e. The molecule has 0 aliphatic carbocycles. The maximum atomic E-state index is 13.7. The van der Waals surface area contributed by atoms with E-state index < -0.39 is 0 Å². The fraction of sp³-hybridized carbons (Fsp3) is 0.571. The summed E-state index contributed by atoms with van der Waals surface area (Å²) in [6, 6.07) is 3.47. The Hall–Kier alpha value is -0.890. The Morgan fingerprint density at radius 2 is 1.88 bits per heavy atom. The highest BCUT2D eigenvalue weighted by molar-refractivity contribution is 5.38. The average molecular weight is 224 g/mol. The molecule has 0 aromatic heterocycles. The minimum absolute atomic E-state index is 0.0665. The number of halogens is 1. The Kier molecular flexibility index (Phi) is 3.74. The van der Waals surface area contributed by atoms with Crippen molar-refractivity contribution in [1.82, 2.24) is 0 Å². The van der Waals surface area contributed by atoms with Crippen molar-refractivity contribution in [2.75, 3.05) is 6.61 Å². The summed E-state index contributed by atoms with van der Waals surface area (Å²) in [7, 11) is 0. The Bertz CT molecular complexity index is 381. The lowest BCUT2D eigenvalue weighted by atomic mass is 9.81. The van der Waals surface area contributed by atoms with Crippen LogP contribution in [0.2, 0.25) is 0 Å². The van der Waals surface area contributed by atoms with Gasteiger partial charge in [-0.25, -0.2) is 4.39 Å². The van der Waals surface area contributed by atoms with Crippen LogP contribution in [0.4, 0.5) is 4.39 Å². The molecule has 0 saturated heterocycles. The fourth-order valence-electron chi connectivity index (χ4n) is 1.95. The lowest BCUT2D eigenvalue weighted by Gasteiger charge is -2.26. The van der Waals surface area contributed by atoms with Crippen LogP contribution >= 0.6 is 0 Å². The Balaban J connectivity index is 3.36. The van der Waals surface area contributed by atoms with Gasteiger partial charge in [-0.1, -0.05) is 33.8 Å². The first-order valence-electron chi connectivity index (χ1n) is 5.71. The van der Waals surface area contributed by atoms with E-state index in [1.807, 2.05) is 40.7 Å². The molecule has 0 amide bonds. The van der Waals surface area contributed by atoms with E-state index in [0.717, 1.165) is 16.7 Å². The summed E-state index contributed by atoms with van der Waals surface area (Å²) < 4.78 is 13.7. The molecule has 0 bridgehead atoms. The maximum absolute atomic E-state index is 13.7. The number of hydrogen-bond donors (Lipinski definition) is 1. The Morgan fingerprint density at radius 3 is 2.31 bits per heavy atom. The standard InChI is InChI=1S/C14H21FO/c1-9(2)11-7-12(14(4,5)8-16)10(3)6-13(11)15/h6-7,9,16H,8H2,1-5H3. The minimum atomic E-state index is -0.318. The predicted molar refractivity (Wildman–Crippen MR) is 65.3 cm³/mol. The third-order valence-electron chi connectivity index (χ3n) is 3.09. The van der Waals surface area contributed by atoms with Crippen LogP contribution in [-0.2, 0) is 5.41 Å². The zero-order chi connectivity index (χ0) is 12.5. The van der Waals surface area contributed by atoms with Gasteiger partial charge in [-0.2, -0.15) is 0 Å². The van der Waals surface area contributed by atoms with Gasteiger partial charge < -0.3 is 5.11 Å². The highest BCUT2D eigenvalue weighted by Gasteiger charge is 2.23. The van der Waals surface area contributed by atoms with E-state index in [2.05, 4.69) is 0 Å². The molecule has 1 N–H and O–H groups in total. The summed E-state index contributed by atoms with van der Waals surface area (Å²) in [5.41, 5.74) is 2.34. The van der Waals surface area contributed by atoms with Crippen molar-refractivity contribution in [3.63, 3.8) is 0 Å². The summed E-state index contributed by atoms with van der Waals surface area (Å²) >= 11 is 0. The zero-order valence-corrected chi connectivity index (χ0v) is 10.8. The molecular formula is C14H21FO. The van der Waals surface area contributed by atoms with Gasteiger partial charge in [-0.15, -0.1) is 0 Å². The largest absolute Gasteiger partial charge is 0.395 e. The molecule has 90 valence electrons. The van der Waals surface area contributed by atoms with Crippen LogP contribution in [0.15, 0.2) is 12.1 Å². The van der Waals surface area contributed by atoms with Gasteiger partial charge in [-0.05, 0) is 35.6 Å². The monoisotopic (exact) mass is 224 g/mol. The topological polar surface area (TPSA) is 20.2 Å². The number of aliphatic hydroxyl groups excluding tert-OH is 1. The number of hydrogen-bond acceptors (Lipinski definition) is 1. The number of benzene rings is 1. The van der Waals surface area contributed by atoms with Crippen LogP contribution in [0.5, 0.6) is 0 Å². The average Bonchev–Trinajstić information content (AvgIpc) is 2.16. The van der Waals surface area contributed by atoms with Gasteiger partial charge >= 0.3 is 0 Å². The van der Waals surface area contributed by atoms with Gasteiger partial charge in [0, 0.05) is 5.41 Å². The summed E-state index contributed by atoms with van der Waals surface area (Å²) in [6.45, 7) is 9.85. The van der Waals surface area contributed by atoms with Gasteiger partial charge in [0.2, 0.25) is 0 Å². The first kappa shape index (κ1) is 13.2. The van der Waals surface area contributed by atoms with Crippen molar-refractivity contribution in [2.24, 2.45) is 0 Å². The second-order valence-electron chi connectivity index (χ2n) is 5.39. The number of aryl methyl sites for hydroxylation is 1. The van der Waals surface area contributed by atoms with Crippen LogP contribution in [-0.4, -0.2) is 11.7 Å². The summed E-state index contributed by atoms with van der Waals surface area (Å²) in [5.74, 6) is 0.0128. The first-order chi connectivity index (χ1) is 7.29. The Labute approximate surface area is 97.3 Å². The van der Waals surface area contributed by atoms with E-state index in [1.165, 1.54) is 0 Å². The van der Waals surface area contributed by atoms with E-state index in [-0.39, 0.29) is 23.8 Å². The van der Waals surface area contributed by atoms with Crippen molar-refractivity contribution in [2.45, 2.75) is 46.0 Å². The molecule has 0 aliphatic rings. The molecule has 16 heavy (non-hydrogen) atoms. The van der Waals surface area contributed by atoms with E-state index in [0.29, 0.717) is 0 Å².